The molecule has 206 valence electrons. The quantitative estimate of drug-likeness (QED) is 0.102. The number of alkyl halides is 1. The van der Waals surface area contributed by atoms with Gasteiger partial charge in [0.15, 0.2) is 0 Å². The molecule has 0 aromatic rings. The minimum Gasteiger partial charge on any atom is -0.461 e. The van der Waals surface area contributed by atoms with Crippen LogP contribution in [0.4, 0.5) is 0 Å². The van der Waals surface area contributed by atoms with E-state index in [2.05, 4.69) is 49.7 Å². The summed E-state index contributed by atoms with van der Waals surface area (Å²) in [6.45, 7) is 9.75. The van der Waals surface area contributed by atoms with Gasteiger partial charge in [0.2, 0.25) is 0 Å². The van der Waals surface area contributed by atoms with Crippen molar-refractivity contribution in [2.24, 2.45) is 34.5 Å². The molecule has 0 radical (unpaired) electrons. The van der Waals surface area contributed by atoms with E-state index in [0.29, 0.717) is 10.8 Å². The second kappa shape index (κ2) is 12.7. The fourth-order valence-electron chi connectivity index (χ4n) is 9.22. The van der Waals surface area contributed by atoms with Crippen LogP contribution in [0.15, 0.2) is 11.6 Å². The molecule has 0 spiro atoms. The molecule has 8 atom stereocenters. The first kappa shape index (κ1) is 28.7. The zero-order chi connectivity index (χ0) is 25.8. The molecule has 3 heteroatoms. The monoisotopic (exact) mass is 562 g/mol. The van der Waals surface area contributed by atoms with Crippen LogP contribution < -0.4 is 0 Å². The Hall–Kier alpha value is -0.310. The summed E-state index contributed by atoms with van der Waals surface area (Å²) in [5.74, 6) is 3.58. The van der Waals surface area contributed by atoms with Gasteiger partial charge in [0.25, 0.3) is 0 Å². The predicted molar refractivity (Wildman–Crippen MR) is 155 cm³/mol. The number of halogens is 1. The van der Waals surface area contributed by atoms with Gasteiger partial charge in [0, 0.05) is 6.42 Å². The van der Waals surface area contributed by atoms with Gasteiger partial charge in [-0.15, -0.1) is 0 Å². The number of esters is 1. The number of carbonyl (C=O) groups is 1. The zero-order valence-corrected chi connectivity index (χ0v) is 25.5. The Morgan fingerprint density at radius 1 is 0.972 bits per heavy atom. The number of hydrogen-bond acceptors (Lipinski definition) is 2. The van der Waals surface area contributed by atoms with Crippen molar-refractivity contribution in [3.8, 4) is 0 Å². The molecule has 0 aromatic heterocycles. The first-order valence-corrected chi connectivity index (χ1v) is 16.8. The zero-order valence-electron chi connectivity index (χ0n) is 24.0. The Morgan fingerprint density at radius 2 is 1.72 bits per heavy atom. The van der Waals surface area contributed by atoms with Crippen LogP contribution in [0.2, 0.25) is 0 Å². The summed E-state index contributed by atoms with van der Waals surface area (Å²) in [5.41, 5.74) is 2.54. The van der Waals surface area contributed by atoms with Crippen molar-refractivity contribution in [2.75, 3.05) is 0 Å². The highest BCUT2D eigenvalue weighted by atomic mass is 79.9. The summed E-state index contributed by atoms with van der Waals surface area (Å²) in [5, 5.41) is 0. The fourth-order valence-corrected chi connectivity index (χ4v) is 9.65. The van der Waals surface area contributed by atoms with E-state index < -0.39 is 0 Å². The fraction of sp³-hybridized carbons (Fsp3) is 0.909. The van der Waals surface area contributed by atoms with Crippen molar-refractivity contribution in [3.05, 3.63) is 11.6 Å². The van der Waals surface area contributed by atoms with Gasteiger partial charge in [-0.25, -0.2) is 0 Å². The number of unbranched alkanes of at least 4 members (excludes halogenated alkanes) is 6. The van der Waals surface area contributed by atoms with Gasteiger partial charge in [0.05, 0.1) is 0 Å². The molecule has 0 aromatic carbocycles. The Balaban J connectivity index is 1.34. The smallest absolute Gasteiger partial charge is 0.320 e. The molecule has 4 aliphatic rings. The van der Waals surface area contributed by atoms with E-state index in [4.69, 9.17) is 4.74 Å². The summed E-state index contributed by atoms with van der Waals surface area (Å²) in [7, 11) is 0. The SMILES string of the molecule is CCCCCCCC[C@@H]1CC[C@@H]2[C@H]3CC=C4C[C@@H](OC(=O)[C@H](Br)CCCC)CC[C@]4(C)[C@@H]3CC[C@]12C. The van der Waals surface area contributed by atoms with E-state index in [-0.39, 0.29) is 16.9 Å². The number of carbonyl (C=O) groups excluding carboxylic acids is 1. The first-order valence-electron chi connectivity index (χ1n) is 15.9. The van der Waals surface area contributed by atoms with Crippen LogP contribution in [0, 0.1) is 34.5 Å². The minimum atomic E-state index is -0.141. The number of allylic oxidation sites excluding steroid dienone is 1. The van der Waals surface area contributed by atoms with Crippen molar-refractivity contribution in [1.29, 1.82) is 0 Å². The molecule has 36 heavy (non-hydrogen) atoms. The maximum absolute atomic E-state index is 12.6. The van der Waals surface area contributed by atoms with Gasteiger partial charge < -0.3 is 4.74 Å². The molecular weight excluding hydrogens is 508 g/mol. The van der Waals surface area contributed by atoms with Crippen LogP contribution in [-0.2, 0) is 9.53 Å². The number of fused-ring (bicyclic) bond motifs is 5. The molecule has 3 fully saturated rings. The van der Waals surface area contributed by atoms with Crippen LogP contribution >= 0.6 is 15.9 Å². The van der Waals surface area contributed by atoms with Crippen LogP contribution in [0.25, 0.3) is 0 Å². The summed E-state index contributed by atoms with van der Waals surface area (Å²) < 4.78 is 6.02. The third kappa shape index (κ3) is 5.96. The molecular formula is C33H55BrO2. The van der Waals surface area contributed by atoms with E-state index in [1.54, 1.807) is 5.57 Å². The van der Waals surface area contributed by atoms with E-state index >= 15 is 0 Å². The van der Waals surface area contributed by atoms with Crippen molar-refractivity contribution in [2.45, 2.75) is 154 Å². The molecule has 0 bridgehead atoms. The minimum absolute atomic E-state index is 0.0397. The number of rotatable bonds is 12. The maximum atomic E-state index is 12.6. The van der Waals surface area contributed by atoms with E-state index in [1.165, 1.54) is 83.5 Å². The number of hydrogen-bond donors (Lipinski definition) is 0. The standard InChI is InChI=1S/C33H55BrO2/c1-5-7-9-10-11-12-13-24-16-18-28-27-17-15-25-23-26(36-31(35)30(34)14-8-6-2)19-21-33(25,4)29(27)20-22-32(24,28)3/h15,24,26-30H,5-14,16-23H2,1-4H3/t24-,26+,27-,28-,29-,30-,32-,33+/m1/s1. The van der Waals surface area contributed by atoms with Crippen LogP contribution in [0.5, 0.6) is 0 Å². The van der Waals surface area contributed by atoms with Gasteiger partial charge in [0.1, 0.15) is 10.9 Å². The summed E-state index contributed by atoms with van der Waals surface area (Å²) in [6, 6.07) is 0. The molecule has 0 amide bonds. The van der Waals surface area contributed by atoms with Gasteiger partial charge >= 0.3 is 5.97 Å². The average molecular weight is 564 g/mol. The topological polar surface area (TPSA) is 26.3 Å². The summed E-state index contributed by atoms with van der Waals surface area (Å²) >= 11 is 3.57. The highest BCUT2D eigenvalue weighted by molar-refractivity contribution is 9.10. The van der Waals surface area contributed by atoms with E-state index in [0.717, 1.165) is 55.8 Å². The molecule has 0 unspecified atom stereocenters. The highest BCUT2D eigenvalue weighted by Gasteiger charge is 2.58. The number of ether oxygens (including phenoxy) is 1. The molecule has 0 saturated heterocycles. The van der Waals surface area contributed by atoms with Crippen molar-refractivity contribution < 1.29 is 9.53 Å². The lowest BCUT2D eigenvalue weighted by Gasteiger charge is -2.58. The first-order chi connectivity index (χ1) is 17.3. The highest BCUT2D eigenvalue weighted by Crippen LogP contribution is 2.66. The van der Waals surface area contributed by atoms with Crippen LogP contribution in [0.3, 0.4) is 0 Å². The Bertz CT molecular complexity index is 761. The second-order valence-corrected chi connectivity index (χ2v) is 14.7. The van der Waals surface area contributed by atoms with Gasteiger partial charge in [-0.3, -0.25) is 4.79 Å². The lowest BCUT2D eigenvalue weighted by molar-refractivity contribution is -0.150. The van der Waals surface area contributed by atoms with Gasteiger partial charge in [-0.1, -0.05) is 107 Å². The molecule has 2 nitrogen and oxygen atoms in total. The third-order valence-corrected chi connectivity index (χ3v) is 12.3. The largest absolute Gasteiger partial charge is 0.461 e. The van der Waals surface area contributed by atoms with Crippen LogP contribution in [-0.4, -0.2) is 16.9 Å². The Labute approximate surface area is 231 Å². The molecule has 4 aliphatic carbocycles. The average Bonchev–Trinajstić information content (AvgIpc) is 3.21. The van der Waals surface area contributed by atoms with Crippen molar-refractivity contribution >= 4 is 21.9 Å². The lowest BCUT2D eigenvalue weighted by atomic mass is 9.47. The molecule has 4 rings (SSSR count). The van der Waals surface area contributed by atoms with Crippen molar-refractivity contribution in [1.82, 2.24) is 0 Å². The maximum Gasteiger partial charge on any atom is 0.320 e. The van der Waals surface area contributed by atoms with E-state index in [9.17, 15) is 4.79 Å². The summed E-state index contributed by atoms with van der Waals surface area (Å²) in [4.78, 5) is 12.5. The molecule has 3 saturated carbocycles. The van der Waals surface area contributed by atoms with E-state index in [1.807, 2.05) is 0 Å². The van der Waals surface area contributed by atoms with Gasteiger partial charge in [-0.05, 0) is 92.3 Å². The third-order valence-electron chi connectivity index (χ3n) is 11.5. The molecule has 0 aliphatic heterocycles. The van der Waals surface area contributed by atoms with Gasteiger partial charge in [-0.2, -0.15) is 0 Å². The molecule has 0 N–H and O–H groups in total. The summed E-state index contributed by atoms with van der Waals surface area (Å²) in [6.07, 6.45) is 26.1. The predicted octanol–water partition coefficient (Wildman–Crippen LogP) is 10.2. The Morgan fingerprint density at radius 3 is 2.50 bits per heavy atom. The lowest BCUT2D eigenvalue weighted by Crippen LogP contribution is -2.50. The molecule has 0 heterocycles. The second-order valence-electron chi connectivity index (χ2n) is 13.5. The van der Waals surface area contributed by atoms with Crippen LogP contribution in [0.1, 0.15) is 143 Å². The Kier molecular flexibility index (Phi) is 10.1. The van der Waals surface area contributed by atoms with Crippen molar-refractivity contribution in [3.63, 3.8) is 0 Å². The normalized spacial score (nSPS) is 38.5.